The monoisotopic (exact) mass is 442 g/mol. The van der Waals surface area contributed by atoms with Crippen LogP contribution in [0.25, 0.3) is 0 Å². The van der Waals surface area contributed by atoms with E-state index in [4.69, 9.17) is 16.3 Å². The predicted molar refractivity (Wildman–Crippen MR) is 118 cm³/mol. The Bertz CT molecular complexity index is 1020. The average molecular weight is 443 g/mol. The molecule has 0 radical (unpaired) electrons. The van der Waals surface area contributed by atoms with E-state index < -0.39 is 0 Å². The van der Waals surface area contributed by atoms with Gasteiger partial charge in [0, 0.05) is 62.2 Å². The Hall–Kier alpha value is -2.84. The molecule has 1 aromatic carbocycles. The molecule has 0 bridgehead atoms. The molecule has 2 aromatic heterocycles. The third kappa shape index (κ3) is 5.26. The van der Waals surface area contributed by atoms with E-state index in [9.17, 15) is 4.79 Å². The van der Waals surface area contributed by atoms with Crippen molar-refractivity contribution in [1.29, 1.82) is 0 Å². The van der Waals surface area contributed by atoms with Crippen LogP contribution in [0.1, 0.15) is 28.7 Å². The van der Waals surface area contributed by atoms with E-state index in [0.29, 0.717) is 29.6 Å². The van der Waals surface area contributed by atoms with Crippen LogP contribution in [-0.4, -0.2) is 61.4 Å². The third-order valence-corrected chi connectivity index (χ3v) is 5.71. The van der Waals surface area contributed by atoms with Crippen LogP contribution >= 0.6 is 11.6 Å². The molecule has 1 aliphatic rings. The summed E-state index contributed by atoms with van der Waals surface area (Å²) in [6.45, 7) is 9.16. The smallest absolute Gasteiger partial charge is 0.274 e. The summed E-state index contributed by atoms with van der Waals surface area (Å²) >= 11 is 5.88. The zero-order valence-electron chi connectivity index (χ0n) is 17.9. The van der Waals surface area contributed by atoms with Crippen LogP contribution in [0.4, 0.5) is 0 Å². The first-order valence-corrected chi connectivity index (χ1v) is 10.9. The number of benzene rings is 1. The maximum Gasteiger partial charge on any atom is 0.274 e. The largest absolute Gasteiger partial charge is 0.471 e. The number of nitrogens with zero attached hydrogens (tertiary/aromatic N) is 6. The van der Waals surface area contributed by atoms with Crippen molar-refractivity contribution in [2.45, 2.75) is 33.7 Å². The van der Waals surface area contributed by atoms with Crippen molar-refractivity contribution in [3.63, 3.8) is 0 Å². The Labute approximate surface area is 187 Å². The number of aryl methyl sites for hydroxylation is 2. The number of carbonyl (C=O) groups excluding carboxylic acids is 1. The standard InChI is InChI=1S/C22H27ClN6O2/c1-3-28-15-18(17(2)24-28)14-26-10-12-27(13-11-26)22(30)21-8-9-29(25-21)16-31-20-6-4-19(23)5-7-20/h4-9,15H,3,10-14,16H2,1-2H3. The van der Waals surface area contributed by atoms with Gasteiger partial charge < -0.3 is 9.64 Å². The molecule has 0 spiro atoms. The molecule has 4 rings (SSSR count). The van der Waals surface area contributed by atoms with Gasteiger partial charge in [0.1, 0.15) is 5.75 Å². The van der Waals surface area contributed by atoms with E-state index in [-0.39, 0.29) is 12.6 Å². The second-order valence-electron chi connectivity index (χ2n) is 7.63. The maximum atomic E-state index is 12.8. The van der Waals surface area contributed by atoms with Crippen molar-refractivity contribution < 1.29 is 9.53 Å². The van der Waals surface area contributed by atoms with E-state index >= 15 is 0 Å². The fraction of sp³-hybridized carbons (Fsp3) is 0.409. The van der Waals surface area contributed by atoms with E-state index in [2.05, 4.69) is 28.2 Å². The molecule has 31 heavy (non-hydrogen) atoms. The van der Waals surface area contributed by atoms with E-state index in [0.717, 1.165) is 31.9 Å². The molecule has 0 N–H and O–H groups in total. The van der Waals surface area contributed by atoms with Crippen molar-refractivity contribution in [3.8, 4) is 5.75 Å². The molecule has 1 amide bonds. The molecule has 3 aromatic rings. The molecular formula is C22H27ClN6O2. The second-order valence-corrected chi connectivity index (χ2v) is 8.07. The number of hydrogen-bond donors (Lipinski definition) is 0. The van der Waals surface area contributed by atoms with Crippen molar-refractivity contribution in [3.05, 3.63) is 64.7 Å². The fourth-order valence-corrected chi connectivity index (χ4v) is 3.73. The summed E-state index contributed by atoms with van der Waals surface area (Å²) in [5.74, 6) is 0.656. The van der Waals surface area contributed by atoms with E-state index in [1.165, 1.54) is 5.56 Å². The third-order valence-electron chi connectivity index (χ3n) is 5.46. The Morgan fingerprint density at radius 3 is 2.48 bits per heavy atom. The van der Waals surface area contributed by atoms with Crippen LogP contribution in [0.2, 0.25) is 5.02 Å². The Balaban J connectivity index is 1.27. The molecule has 3 heterocycles. The lowest BCUT2D eigenvalue weighted by Gasteiger charge is -2.34. The Kier molecular flexibility index (Phi) is 6.58. The van der Waals surface area contributed by atoms with Gasteiger partial charge >= 0.3 is 0 Å². The molecule has 0 unspecified atom stereocenters. The molecule has 0 aliphatic carbocycles. The first kappa shape index (κ1) is 21.4. The first-order chi connectivity index (χ1) is 15.0. The number of hydrogen-bond acceptors (Lipinski definition) is 5. The Morgan fingerprint density at radius 2 is 1.81 bits per heavy atom. The van der Waals surface area contributed by atoms with Crippen LogP contribution in [0.3, 0.4) is 0 Å². The lowest BCUT2D eigenvalue weighted by Crippen LogP contribution is -2.48. The van der Waals surface area contributed by atoms with Crippen molar-refractivity contribution in [2.75, 3.05) is 26.2 Å². The second kappa shape index (κ2) is 9.53. The van der Waals surface area contributed by atoms with Crippen molar-refractivity contribution >= 4 is 17.5 Å². The minimum absolute atomic E-state index is 0.0418. The van der Waals surface area contributed by atoms with Gasteiger partial charge in [0.05, 0.1) is 5.69 Å². The molecule has 1 aliphatic heterocycles. The Morgan fingerprint density at radius 1 is 1.06 bits per heavy atom. The normalized spacial score (nSPS) is 14.7. The van der Waals surface area contributed by atoms with E-state index in [1.807, 2.05) is 16.5 Å². The van der Waals surface area contributed by atoms with E-state index in [1.54, 1.807) is 41.2 Å². The minimum atomic E-state index is -0.0418. The first-order valence-electron chi connectivity index (χ1n) is 10.5. The summed E-state index contributed by atoms with van der Waals surface area (Å²) in [5.41, 5.74) is 2.76. The van der Waals surface area contributed by atoms with Crippen LogP contribution in [0, 0.1) is 6.92 Å². The fourth-order valence-electron chi connectivity index (χ4n) is 3.61. The molecule has 8 nitrogen and oxygen atoms in total. The van der Waals surface area contributed by atoms with Gasteiger partial charge in [-0.2, -0.15) is 10.2 Å². The predicted octanol–water partition coefficient (Wildman–Crippen LogP) is 3.06. The lowest BCUT2D eigenvalue weighted by atomic mass is 10.2. The summed E-state index contributed by atoms with van der Waals surface area (Å²) in [5, 5.41) is 9.55. The van der Waals surface area contributed by atoms with Gasteiger partial charge in [-0.25, -0.2) is 4.68 Å². The van der Waals surface area contributed by atoms with Crippen molar-refractivity contribution in [2.24, 2.45) is 0 Å². The van der Waals surface area contributed by atoms with Gasteiger partial charge in [0.15, 0.2) is 12.4 Å². The highest BCUT2D eigenvalue weighted by Crippen LogP contribution is 2.16. The molecule has 164 valence electrons. The van der Waals surface area contributed by atoms with Crippen LogP contribution in [0.5, 0.6) is 5.75 Å². The van der Waals surface area contributed by atoms with Crippen LogP contribution < -0.4 is 4.74 Å². The quantitative estimate of drug-likeness (QED) is 0.562. The number of rotatable bonds is 7. The summed E-state index contributed by atoms with van der Waals surface area (Å²) in [7, 11) is 0. The summed E-state index contributed by atoms with van der Waals surface area (Å²) < 4.78 is 9.27. The SMILES string of the molecule is CCn1cc(CN2CCN(C(=O)c3ccn(COc4ccc(Cl)cc4)n3)CC2)c(C)n1. The van der Waals surface area contributed by atoms with Crippen LogP contribution in [-0.2, 0) is 19.8 Å². The van der Waals surface area contributed by atoms with Gasteiger partial charge in [0.25, 0.3) is 5.91 Å². The topological polar surface area (TPSA) is 68.4 Å². The average Bonchev–Trinajstić information content (AvgIpc) is 3.40. The van der Waals surface area contributed by atoms with Gasteiger partial charge in [-0.3, -0.25) is 14.4 Å². The lowest BCUT2D eigenvalue weighted by molar-refractivity contribution is 0.0620. The molecular weight excluding hydrogens is 416 g/mol. The highest BCUT2D eigenvalue weighted by molar-refractivity contribution is 6.30. The molecule has 0 atom stereocenters. The molecule has 1 saturated heterocycles. The number of carbonyl (C=O) groups is 1. The summed E-state index contributed by atoms with van der Waals surface area (Å²) in [6.07, 6.45) is 3.87. The maximum absolute atomic E-state index is 12.8. The van der Waals surface area contributed by atoms with Crippen LogP contribution in [0.15, 0.2) is 42.7 Å². The highest BCUT2D eigenvalue weighted by atomic mass is 35.5. The summed E-state index contributed by atoms with van der Waals surface area (Å²) in [6, 6.07) is 8.87. The van der Waals surface area contributed by atoms with Crippen molar-refractivity contribution in [1.82, 2.24) is 29.4 Å². The number of piperazine rings is 1. The molecule has 1 fully saturated rings. The van der Waals surface area contributed by atoms with Gasteiger partial charge in [0.2, 0.25) is 0 Å². The summed E-state index contributed by atoms with van der Waals surface area (Å²) in [4.78, 5) is 17.1. The number of aromatic nitrogens is 4. The minimum Gasteiger partial charge on any atom is -0.471 e. The van der Waals surface area contributed by atoms with Gasteiger partial charge in [-0.15, -0.1) is 0 Å². The number of halogens is 1. The highest BCUT2D eigenvalue weighted by Gasteiger charge is 2.24. The van der Waals surface area contributed by atoms with Gasteiger partial charge in [-0.1, -0.05) is 11.6 Å². The zero-order valence-corrected chi connectivity index (χ0v) is 18.6. The number of ether oxygens (including phenoxy) is 1. The molecule has 9 heteroatoms. The number of amides is 1. The zero-order chi connectivity index (χ0) is 21.8. The molecule has 0 saturated carbocycles. The van der Waals surface area contributed by atoms with Gasteiger partial charge in [-0.05, 0) is 44.2 Å².